The van der Waals surface area contributed by atoms with E-state index in [1.807, 2.05) is 0 Å². The Morgan fingerprint density at radius 1 is 1.19 bits per heavy atom. The second-order valence-corrected chi connectivity index (χ2v) is 16.4. The molecule has 3 aliphatic rings. The lowest BCUT2D eigenvalue weighted by Gasteiger charge is -2.51. The van der Waals surface area contributed by atoms with Crippen molar-refractivity contribution in [2.24, 2.45) is 11.8 Å². The van der Waals surface area contributed by atoms with Crippen molar-refractivity contribution in [3.05, 3.63) is 25.3 Å². The molecule has 4 heterocycles. The number of hydrogen-bond donors (Lipinski definition) is 5. The summed E-state index contributed by atoms with van der Waals surface area (Å²) in [4.78, 5) is 68.9. The molecule has 6 N–H and O–H groups in total. The van der Waals surface area contributed by atoms with Crippen LogP contribution in [0.4, 0.5) is 10.2 Å². The van der Waals surface area contributed by atoms with Crippen molar-refractivity contribution < 1.29 is 85.1 Å². The van der Waals surface area contributed by atoms with Gasteiger partial charge in [0.1, 0.15) is 55.0 Å². The van der Waals surface area contributed by atoms with Crippen molar-refractivity contribution in [3.8, 4) is 0 Å². The number of aliphatic hydroxyl groups is 2. The molecular weight excluding hydrogens is 779 g/mol. The number of ether oxygens (including phenoxy) is 6. The summed E-state index contributed by atoms with van der Waals surface area (Å²) >= 11 is 4.91. The highest BCUT2D eigenvalue weighted by molar-refractivity contribution is 8.08. The molecular formula is C27H36FN5O17P2S. The summed E-state index contributed by atoms with van der Waals surface area (Å²) in [5.74, 6) is -8.90. The Morgan fingerprint density at radius 3 is 2.49 bits per heavy atom. The number of esters is 3. The number of anilines is 1. The Kier molecular flexibility index (Phi) is 11.8. The molecule has 1 aliphatic carbocycles. The first-order valence-corrected chi connectivity index (χ1v) is 19.5. The zero-order valence-electron chi connectivity index (χ0n) is 28.2. The van der Waals surface area contributed by atoms with Gasteiger partial charge in [-0.2, -0.15) is 0 Å². The number of fused-ring (bicyclic) bond motifs is 2. The molecule has 0 spiro atoms. The van der Waals surface area contributed by atoms with Crippen LogP contribution in [0.25, 0.3) is 11.2 Å². The predicted octanol–water partition coefficient (Wildman–Crippen LogP) is -0.339. The first kappa shape index (κ1) is 41.1. The quantitative estimate of drug-likeness (QED) is 0.0665. The van der Waals surface area contributed by atoms with E-state index in [4.69, 9.17) is 54.6 Å². The Balaban J connectivity index is 1.31. The first-order chi connectivity index (χ1) is 24.7. The number of phosphoric ester groups is 1. The normalized spacial score (nSPS) is 35.0. The fraction of sp³-hybridized carbons (Fsp3) is 0.630. The van der Waals surface area contributed by atoms with Gasteiger partial charge in [0.2, 0.25) is 5.79 Å². The zero-order valence-corrected chi connectivity index (χ0v) is 30.8. The van der Waals surface area contributed by atoms with Gasteiger partial charge in [0.25, 0.3) is 0 Å². The van der Waals surface area contributed by atoms with Gasteiger partial charge >= 0.3 is 32.4 Å². The van der Waals surface area contributed by atoms with Crippen molar-refractivity contribution >= 4 is 61.2 Å². The highest BCUT2D eigenvalue weighted by Gasteiger charge is 2.78. The number of aliphatic hydroxyl groups excluding tert-OH is 2. The number of carbonyl (C=O) groups is 3. The van der Waals surface area contributed by atoms with Gasteiger partial charge in [0, 0.05) is 27.9 Å². The summed E-state index contributed by atoms with van der Waals surface area (Å²) in [6.45, 7) is 0.0693. The van der Waals surface area contributed by atoms with E-state index < -0.39 is 112 Å². The number of carbonyl (C=O) groups excluding carboxylic acids is 3. The molecule has 0 amide bonds. The van der Waals surface area contributed by atoms with Gasteiger partial charge in [-0.25, -0.2) is 28.2 Å². The second-order valence-electron chi connectivity index (χ2n) is 12.0. The van der Waals surface area contributed by atoms with E-state index in [0.29, 0.717) is 0 Å². The number of nitrogens with zero attached hydrogens (tertiary/aromatic N) is 4. The van der Waals surface area contributed by atoms with E-state index in [1.54, 1.807) is 0 Å². The molecule has 13 atom stereocenters. The molecule has 2 aromatic heterocycles. The maximum Gasteiger partial charge on any atom is 0.481 e. The van der Waals surface area contributed by atoms with Crippen molar-refractivity contribution in [3.63, 3.8) is 0 Å². The van der Waals surface area contributed by atoms with Crippen LogP contribution in [0.3, 0.4) is 0 Å². The first-order valence-electron chi connectivity index (χ1n) is 15.4. The fourth-order valence-electron chi connectivity index (χ4n) is 6.60. The van der Waals surface area contributed by atoms with Gasteiger partial charge in [-0.1, -0.05) is 12.7 Å². The topological polar surface area (TPSA) is 302 Å². The number of nitrogen functional groups attached to an aromatic ring is 1. The number of halogens is 1. The van der Waals surface area contributed by atoms with Crippen LogP contribution in [0.15, 0.2) is 25.3 Å². The minimum Gasteiger partial charge on any atom is -0.463 e. The molecule has 2 aliphatic heterocycles. The van der Waals surface area contributed by atoms with E-state index >= 15 is 4.39 Å². The largest absolute Gasteiger partial charge is 0.481 e. The van der Waals surface area contributed by atoms with Crippen LogP contribution in [-0.4, -0.2) is 126 Å². The Bertz CT molecular complexity index is 1860. The van der Waals surface area contributed by atoms with Crippen LogP contribution in [0.5, 0.6) is 0 Å². The van der Waals surface area contributed by atoms with E-state index in [-0.39, 0.29) is 17.0 Å². The van der Waals surface area contributed by atoms with Gasteiger partial charge in [0.15, 0.2) is 29.6 Å². The summed E-state index contributed by atoms with van der Waals surface area (Å²) < 4.78 is 77.1. The molecule has 0 aromatic carbocycles. The molecule has 3 fully saturated rings. The third-order valence-electron chi connectivity index (χ3n) is 8.68. The minimum atomic E-state index is -5.56. The Morgan fingerprint density at radius 2 is 1.89 bits per heavy atom. The van der Waals surface area contributed by atoms with Crippen LogP contribution >= 0.6 is 14.5 Å². The minimum absolute atomic E-state index is 0.0589. The predicted molar refractivity (Wildman–Crippen MR) is 173 cm³/mol. The summed E-state index contributed by atoms with van der Waals surface area (Å²) in [5.41, 5.74) is 4.62. The number of alkyl halides is 1. The standard InChI is InChI=1S/C27H36FN5O17P2S/c1-6-26(42-5)21(38)15(46-25(26)33-10-32-18-22(29)30-9-31-23(18)33)8-44-52(41,53)50-51(39,40)49-24-17-20(45-12(3)35)19(37)16(14(28)7-43-11(2)34)27(17,48-24)47-13(4)36/h6,9-10,14-17,19-21,24-25,37-38H,1,7-8H2,2-5H3,(H,39,40)(H,41,53)(H2,29,30,31)/t14-,15+,16?,17?,19?,20?,21+,24?,25+,26+,27?,52?/m0/s1. The molecule has 0 bridgehead atoms. The highest BCUT2D eigenvalue weighted by atomic mass is 32.5. The van der Waals surface area contributed by atoms with Gasteiger partial charge in [-0.05, 0) is 11.8 Å². The van der Waals surface area contributed by atoms with E-state index in [1.165, 1.54) is 30.4 Å². The molecule has 294 valence electrons. The maximum atomic E-state index is 15.5. The van der Waals surface area contributed by atoms with Gasteiger partial charge in [-0.3, -0.25) is 23.5 Å². The van der Waals surface area contributed by atoms with Crippen molar-refractivity contribution in [1.82, 2.24) is 19.5 Å². The van der Waals surface area contributed by atoms with Gasteiger partial charge in [-0.15, -0.1) is 0 Å². The van der Waals surface area contributed by atoms with Crippen molar-refractivity contribution in [2.75, 3.05) is 26.1 Å². The van der Waals surface area contributed by atoms with Crippen molar-refractivity contribution in [1.29, 1.82) is 0 Å². The molecule has 53 heavy (non-hydrogen) atoms. The molecule has 22 nitrogen and oxygen atoms in total. The molecule has 5 rings (SSSR count). The van der Waals surface area contributed by atoms with Gasteiger partial charge in [0.05, 0.1) is 18.9 Å². The molecule has 0 radical (unpaired) electrons. The summed E-state index contributed by atoms with van der Waals surface area (Å²) in [7, 11) is -4.30. The SMILES string of the molecule is C=C[C@@]1(OC)[C@H](O)[C@@H](COP(O)(=S)OP(=O)(O)OC2OC3(OC(C)=O)C2C(OC(C)=O)C(O)C3[C@@H](F)COC(C)=O)O[C@H]1n1cnc2c(N)ncnc21. The number of imidazole rings is 1. The smallest absolute Gasteiger partial charge is 0.463 e. The fourth-order valence-corrected chi connectivity index (χ4v) is 9.70. The average Bonchev–Trinajstić information content (AvgIpc) is 3.64. The lowest BCUT2D eigenvalue weighted by atomic mass is 9.86. The Labute approximate surface area is 304 Å². The van der Waals surface area contributed by atoms with Gasteiger partial charge < -0.3 is 58.7 Å². The second kappa shape index (κ2) is 15.2. The molecule has 2 saturated heterocycles. The third-order valence-corrected chi connectivity index (χ3v) is 12.2. The van der Waals surface area contributed by atoms with Crippen LogP contribution in [0, 0.1) is 11.8 Å². The lowest BCUT2D eigenvalue weighted by Crippen LogP contribution is -2.66. The highest BCUT2D eigenvalue weighted by Crippen LogP contribution is 2.66. The van der Waals surface area contributed by atoms with Crippen LogP contribution in [0.2, 0.25) is 0 Å². The molecule has 8 unspecified atom stereocenters. The number of methoxy groups -OCH3 is 1. The zero-order chi connectivity index (χ0) is 39.3. The number of phosphoric acid groups is 1. The van der Waals surface area contributed by atoms with E-state index in [0.717, 1.165) is 20.8 Å². The molecule has 1 saturated carbocycles. The van der Waals surface area contributed by atoms with Crippen LogP contribution in [0.1, 0.15) is 27.0 Å². The van der Waals surface area contributed by atoms with Crippen molar-refractivity contribution in [2.45, 2.75) is 75.3 Å². The lowest BCUT2D eigenvalue weighted by molar-refractivity contribution is -0.425. The summed E-state index contributed by atoms with van der Waals surface area (Å²) in [6, 6.07) is 0. The maximum absolute atomic E-state index is 15.5. The van der Waals surface area contributed by atoms with E-state index in [2.05, 4.69) is 26.3 Å². The van der Waals surface area contributed by atoms with E-state index in [9.17, 15) is 38.9 Å². The monoisotopic (exact) mass is 815 g/mol. The van der Waals surface area contributed by atoms with Crippen LogP contribution in [-0.2, 0) is 72.5 Å². The molecule has 2 aromatic rings. The number of rotatable bonds is 15. The Hall–Kier alpha value is -3.09. The summed E-state index contributed by atoms with van der Waals surface area (Å²) in [6.07, 6.45) is -8.48. The summed E-state index contributed by atoms with van der Waals surface area (Å²) in [5, 5.41) is 22.3. The number of hydrogen-bond acceptors (Lipinski definition) is 20. The number of aromatic nitrogens is 4. The third kappa shape index (κ3) is 7.74. The number of nitrogens with two attached hydrogens (primary N) is 1. The molecule has 26 heteroatoms. The average molecular weight is 816 g/mol. The van der Waals surface area contributed by atoms with Crippen LogP contribution < -0.4 is 5.73 Å².